The zero-order chi connectivity index (χ0) is 14.6. The normalized spacial score (nSPS) is 14.3. The maximum Gasteiger partial charge on any atom is 0.127 e. The molecule has 2 atom stereocenters. The minimum atomic E-state index is 0.230. The van der Waals surface area contributed by atoms with Crippen LogP contribution in [-0.2, 0) is 0 Å². The van der Waals surface area contributed by atoms with Crippen molar-refractivity contribution < 1.29 is 4.74 Å². The summed E-state index contributed by atoms with van der Waals surface area (Å²) < 4.78 is 5.66. The molecular weight excluding hydrogens is 236 g/mol. The Morgan fingerprint density at radius 2 is 1.84 bits per heavy atom. The molecule has 0 bridgehead atoms. The molecule has 3 nitrogen and oxygen atoms in total. The molecule has 2 unspecified atom stereocenters. The van der Waals surface area contributed by atoms with Crippen LogP contribution < -0.4 is 15.8 Å². The van der Waals surface area contributed by atoms with Gasteiger partial charge in [-0.2, -0.15) is 0 Å². The highest BCUT2D eigenvalue weighted by Crippen LogP contribution is 2.35. The van der Waals surface area contributed by atoms with Gasteiger partial charge in [0.2, 0.25) is 0 Å². The Morgan fingerprint density at radius 3 is 2.32 bits per heavy atom. The number of hydrogen-bond donors (Lipinski definition) is 2. The van der Waals surface area contributed by atoms with Gasteiger partial charge < -0.3 is 15.8 Å². The lowest BCUT2D eigenvalue weighted by atomic mass is 9.91. The van der Waals surface area contributed by atoms with E-state index in [1.807, 2.05) is 7.05 Å². The lowest BCUT2D eigenvalue weighted by Gasteiger charge is -2.24. The molecule has 108 valence electrons. The molecule has 0 saturated carbocycles. The van der Waals surface area contributed by atoms with Crippen molar-refractivity contribution in [1.82, 2.24) is 5.32 Å². The van der Waals surface area contributed by atoms with Gasteiger partial charge in [0.05, 0.1) is 7.11 Å². The molecule has 0 aromatic heterocycles. The number of nitrogens with one attached hydrogen (secondary N) is 1. The van der Waals surface area contributed by atoms with Crippen molar-refractivity contribution in [3.63, 3.8) is 0 Å². The second kappa shape index (κ2) is 6.92. The average Bonchev–Trinajstić information content (AvgIpc) is 2.35. The SMILES string of the molecule is CNC(CCC(C)N)c1c(C)cc(C)c(C)c1OC. The molecule has 1 rings (SSSR count). The number of nitrogens with two attached hydrogens (primary N) is 1. The molecule has 3 heteroatoms. The molecule has 19 heavy (non-hydrogen) atoms. The minimum Gasteiger partial charge on any atom is -0.496 e. The molecule has 0 radical (unpaired) electrons. The molecule has 0 spiro atoms. The molecule has 0 fully saturated rings. The monoisotopic (exact) mass is 264 g/mol. The lowest BCUT2D eigenvalue weighted by Crippen LogP contribution is -2.23. The highest BCUT2D eigenvalue weighted by molar-refractivity contribution is 5.51. The molecule has 0 amide bonds. The molecule has 0 aliphatic rings. The highest BCUT2D eigenvalue weighted by Gasteiger charge is 2.20. The van der Waals surface area contributed by atoms with Crippen molar-refractivity contribution in [3.05, 3.63) is 28.3 Å². The predicted molar refractivity (Wildman–Crippen MR) is 81.9 cm³/mol. The van der Waals surface area contributed by atoms with Crippen LogP contribution in [0, 0.1) is 20.8 Å². The largest absolute Gasteiger partial charge is 0.496 e. The summed E-state index contributed by atoms with van der Waals surface area (Å²) in [4.78, 5) is 0. The van der Waals surface area contributed by atoms with Crippen LogP contribution in [0.4, 0.5) is 0 Å². The molecule has 0 saturated heterocycles. The maximum absolute atomic E-state index is 5.88. The fourth-order valence-electron chi connectivity index (χ4n) is 2.63. The summed E-state index contributed by atoms with van der Waals surface area (Å²) in [6, 6.07) is 2.76. The van der Waals surface area contributed by atoms with Crippen LogP contribution in [0.5, 0.6) is 5.75 Å². The number of hydrogen-bond acceptors (Lipinski definition) is 3. The van der Waals surface area contributed by atoms with Crippen molar-refractivity contribution in [2.24, 2.45) is 5.73 Å². The summed E-state index contributed by atoms with van der Waals surface area (Å²) in [5.74, 6) is 1.02. The Hall–Kier alpha value is -1.06. The van der Waals surface area contributed by atoms with E-state index in [0.717, 1.165) is 18.6 Å². The van der Waals surface area contributed by atoms with Crippen molar-refractivity contribution in [2.75, 3.05) is 14.2 Å². The van der Waals surface area contributed by atoms with Gasteiger partial charge >= 0.3 is 0 Å². The molecule has 0 aliphatic heterocycles. The van der Waals surface area contributed by atoms with Crippen LogP contribution in [-0.4, -0.2) is 20.2 Å². The summed E-state index contributed by atoms with van der Waals surface area (Å²) in [5.41, 5.74) is 10.9. The summed E-state index contributed by atoms with van der Waals surface area (Å²) in [7, 11) is 3.75. The van der Waals surface area contributed by atoms with E-state index in [1.165, 1.54) is 22.3 Å². The highest BCUT2D eigenvalue weighted by atomic mass is 16.5. The third-order valence-electron chi connectivity index (χ3n) is 3.85. The van der Waals surface area contributed by atoms with Gasteiger partial charge in [0, 0.05) is 17.6 Å². The second-order valence-corrected chi connectivity index (χ2v) is 5.48. The first-order chi connectivity index (χ1) is 8.92. The topological polar surface area (TPSA) is 47.3 Å². The van der Waals surface area contributed by atoms with E-state index in [1.54, 1.807) is 7.11 Å². The van der Waals surface area contributed by atoms with Gasteiger partial charge in [-0.3, -0.25) is 0 Å². The lowest BCUT2D eigenvalue weighted by molar-refractivity contribution is 0.391. The summed E-state index contributed by atoms with van der Waals surface area (Å²) in [5, 5.41) is 3.40. The third kappa shape index (κ3) is 3.71. The van der Waals surface area contributed by atoms with Crippen LogP contribution in [0.1, 0.15) is 48.1 Å². The number of benzene rings is 1. The van der Waals surface area contributed by atoms with E-state index in [0.29, 0.717) is 6.04 Å². The van der Waals surface area contributed by atoms with Gasteiger partial charge in [-0.15, -0.1) is 0 Å². The Morgan fingerprint density at radius 1 is 1.21 bits per heavy atom. The van der Waals surface area contributed by atoms with Crippen LogP contribution >= 0.6 is 0 Å². The van der Waals surface area contributed by atoms with E-state index >= 15 is 0 Å². The first kappa shape index (κ1) is 16.0. The molecular formula is C16H28N2O. The van der Waals surface area contributed by atoms with E-state index in [-0.39, 0.29) is 6.04 Å². The number of rotatable bonds is 6. The van der Waals surface area contributed by atoms with E-state index in [9.17, 15) is 0 Å². The van der Waals surface area contributed by atoms with Crippen LogP contribution in [0.25, 0.3) is 0 Å². The van der Waals surface area contributed by atoms with E-state index in [2.05, 4.69) is 39.1 Å². The predicted octanol–water partition coefficient (Wildman–Crippen LogP) is 3.01. The Balaban J connectivity index is 3.18. The molecule has 1 aromatic rings. The van der Waals surface area contributed by atoms with Gasteiger partial charge in [-0.25, -0.2) is 0 Å². The minimum absolute atomic E-state index is 0.230. The quantitative estimate of drug-likeness (QED) is 0.830. The van der Waals surface area contributed by atoms with Gasteiger partial charge in [0.25, 0.3) is 0 Å². The van der Waals surface area contributed by atoms with Gasteiger partial charge in [-0.05, 0) is 64.3 Å². The average molecular weight is 264 g/mol. The number of methoxy groups -OCH3 is 1. The van der Waals surface area contributed by atoms with Crippen molar-refractivity contribution in [3.8, 4) is 5.75 Å². The van der Waals surface area contributed by atoms with Gasteiger partial charge in [0.1, 0.15) is 5.75 Å². The Kier molecular flexibility index (Phi) is 5.83. The molecule has 1 aromatic carbocycles. The van der Waals surface area contributed by atoms with Crippen LogP contribution in [0.2, 0.25) is 0 Å². The van der Waals surface area contributed by atoms with Gasteiger partial charge in [-0.1, -0.05) is 6.07 Å². The van der Waals surface area contributed by atoms with Gasteiger partial charge in [0.15, 0.2) is 0 Å². The third-order valence-corrected chi connectivity index (χ3v) is 3.85. The van der Waals surface area contributed by atoms with E-state index < -0.39 is 0 Å². The maximum atomic E-state index is 5.88. The first-order valence-electron chi connectivity index (χ1n) is 6.99. The van der Waals surface area contributed by atoms with Crippen LogP contribution in [0.3, 0.4) is 0 Å². The zero-order valence-corrected chi connectivity index (χ0v) is 13.1. The summed E-state index contributed by atoms with van der Waals surface area (Å²) >= 11 is 0. The molecule has 0 heterocycles. The fourth-order valence-corrected chi connectivity index (χ4v) is 2.63. The van der Waals surface area contributed by atoms with Crippen molar-refractivity contribution in [1.29, 1.82) is 0 Å². The zero-order valence-electron chi connectivity index (χ0n) is 13.1. The standard InChI is InChI=1S/C16H28N2O/c1-10-9-11(2)15(16(19-6)13(10)4)14(18-5)8-7-12(3)17/h9,12,14,18H,7-8,17H2,1-6H3. The molecule has 3 N–H and O–H groups in total. The van der Waals surface area contributed by atoms with Crippen molar-refractivity contribution in [2.45, 2.75) is 52.6 Å². The summed E-state index contributed by atoms with van der Waals surface area (Å²) in [6.45, 7) is 8.46. The molecule has 0 aliphatic carbocycles. The Bertz CT molecular complexity index is 427. The fraction of sp³-hybridized carbons (Fsp3) is 0.625. The smallest absolute Gasteiger partial charge is 0.127 e. The second-order valence-electron chi connectivity index (χ2n) is 5.48. The van der Waals surface area contributed by atoms with Crippen LogP contribution in [0.15, 0.2) is 6.07 Å². The number of ether oxygens (including phenoxy) is 1. The van der Waals surface area contributed by atoms with Crippen molar-refractivity contribution >= 4 is 0 Å². The number of aryl methyl sites for hydroxylation is 2. The first-order valence-corrected chi connectivity index (χ1v) is 6.99. The summed E-state index contributed by atoms with van der Waals surface area (Å²) in [6.07, 6.45) is 2.02. The Labute approximate surface area is 117 Å². The van der Waals surface area contributed by atoms with E-state index in [4.69, 9.17) is 10.5 Å².